The zero-order chi connectivity index (χ0) is 20.1. The van der Waals surface area contributed by atoms with E-state index in [4.69, 9.17) is 0 Å². The van der Waals surface area contributed by atoms with Crippen molar-refractivity contribution in [3.05, 3.63) is 35.9 Å². The van der Waals surface area contributed by atoms with E-state index in [0.29, 0.717) is 5.16 Å². The van der Waals surface area contributed by atoms with E-state index in [0.717, 1.165) is 24.6 Å². The normalized spacial score (nSPS) is 16.3. The molecule has 1 aromatic carbocycles. The second-order valence-corrected chi connectivity index (χ2v) is 8.38. The van der Waals surface area contributed by atoms with Crippen LogP contribution in [0.3, 0.4) is 0 Å². The monoisotopic (exact) mass is 405 g/mol. The number of hydrogen-bond acceptors (Lipinski definition) is 5. The number of carbonyl (C=O) groups is 1. The lowest BCUT2D eigenvalue weighted by molar-refractivity contribution is -0.119. The molecule has 2 aromatic rings. The number of likely N-dealkylation sites (tertiary alicyclic amines) is 1. The molecule has 1 N–H and O–H groups in total. The molecule has 0 bridgehead atoms. The lowest BCUT2D eigenvalue weighted by Gasteiger charge is -2.31. The summed E-state index contributed by atoms with van der Waals surface area (Å²) in [6.45, 7) is 8.08. The van der Waals surface area contributed by atoms with Crippen LogP contribution in [0.5, 0.6) is 0 Å². The molecule has 0 aliphatic carbocycles. The van der Waals surface area contributed by atoms with E-state index in [1.54, 1.807) is 12.1 Å². The Hall–Kier alpha value is -1.93. The van der Waals surface area contributed by atoms with Crippen LogP contribution >= 0.6 is 11.8 Å². The van der Waals surface area contributed by atoms with Gasteiger partial charge in [-0.1, -0.05) is 18.2 Å². The van der Waals surface area contributed by atoms with Crippen molar-refractivity contribution in [1.29, 1.82) is 0 Å². The zero-order valence-corrected chi connectivity index (χ0v) is 17.5. The molecule has 0 radical (unpaired) electrons. The lowest BCUT2D eigenvalue weighted by atomic mass is 10.1. The maximum absolute atomic E-state index is 13.4. The number of hydrogen-bond donors (Lipinski definition) is 1. The summed E-state index contributed by atoms with van der Waals surface area (Å²) in [6.07, 6.45) is 3.64. The number of piperidine rings is 1. The predicted octanol–water partition coefficient (Wildman–Crippen LogP) is 3.57. The van der Waals surface area contributed by atoms with E-state index < -0.39 is 0 Å². The predicted molar refractivity (Wildman–Crippen MR) is 109 cm³/mol. The summed E-state index contributed by atoms with van der Waals surface area (Å²) < 4.78 is 15.4. The topological polar surface area (TPSA) is 63.1 Å². The highest BCUT2D eigenvalue weighted by molar-refractivity contribution is 7.99. The Balaban J connectivity index is 1.88. The molecular formula is C20H28FN5OS. The minimum absolute atomic E-state index is 0.0423. The lowest BCUT2D eigenvalue weighted by Crippen LogP contribution is -2.33. The summed E-state index contributed by atoms with van der Waals surface area (Å²) in [5.41, 5.74) is 0.803. The maximum atomic E-state index is 13.4. The van der Waals surface area contributed by atoms with Crippen molar-refractivity contribution in [3.63, 3.8) is 0 Å². The van der Waals surface area contributed by atoms with Crippen LogP contribution in [0, 0.1) is 5.82 Å². The minimum Gasteiger partial charge on any atom is -0.353 e. The number of thioether (sulfide) groups is 1. The van der Waals surface area contributed by atoms with E-state index in [2.05, 4.69) is 27.3 Å². The molecule has 1 fully saturated rings. The van der Waals surface area contributed by atoms with E-state index in [-0.39, 0.29) is 29.6 Å². The van der Waals surface area contributed by atoms with E-state index in [9.17, 15) is 9.18 Å². The van der Waals surface area contributed by atoms with Gasteiger partial charge in [-0.3, -0.25) is 14.3 Å². The van der Waals surface area contributed by atoms with Gasteiger partial charge in [-0.05, 0) is 71.0 Å². The highest BCUT2D eigenvalue weighted by Gasteiger charge is 2.25. The maximum Gasteiger partial charge on any atom is 0.230 e. The van der Waals surface area contributed by atoms with Crippen LogP contribution in [0.25, 0.3) is 5.69 Å². The summed E-state index contributed by atoms with van der Waals surface area (Å²) in [6, 6.07) is 6.51. The second kappa shape index (κ2) is 9.52. The van der Waals surface area contributed by atoms with Gasteiger partial charge in [-0.15, -0.1) is 10.2 Å². The van der Waals surface area contributed by atoms with Crippen LogP contribution in [-0.4, -0.2) is 50.5 Å². The Kier molecular flexibility index (Phi) is 7.07. The fourth-order valence-corrected chi connectivity index (χ4v) is 4.21. The number of rotatable bonds is 7. The smallest absolute Gasteiger partial charge is 0.230 e. The number of halogens is 1. The molecule has 1 atom stereocenters. The summed E-state index contributed by atoms with van der Waals surface area (Å²) in [7, 11) is 0. The van der Waals surface area contributed by atoms with Gasteiger partial charge in [0, 0.05) is 11.7 Å². The molecule has 28 heavy (non-hydrogen) atoms. The standard InChI is InChI=1S/C20H28FN5OS/c1-14(2)22-18(27)13-28-20-24-23-19(15(3)25-11-5-4-6-12-25)26(20)17-9-7-16(21)8-10-17/h7-10,14-15H,4-6,11-13H2,1-3H3,(H,22,27). The fourth-order valence-electron chi connectivity index (χ4n) is 3.44. The highest BCUT2D eigenvalue weighted by atomic mass is 32.2. The SMILES string of the molecule is CC(C)NC(=O)CSc1nnc(C(C)N2CCCCC2)n1-c1ccc(F)cc1. The highest BCUT2D eigenvalue weighted by Crippen LogP contribution is 2.29. The third kappa shape index (κ3) is 5.11. The van der Waals surface area contributed by atoms with Crippen LogP contribution in [-0.2, 0) is 4.79 Å². The summed E-state index contributed by atoms with van der Waals surface area (Å²) >= 11 is 1.35. The van der Waals surface area contributed by atoms with Gasteiger partial charge < -0.3 is 5.32 Å². The third-order valence-electron chi connectivity index (χ3n) is 4.84. The van der Waals surface area contributed by atoms with Crippen LogP contribution in [0.4, 0.5) is 4.39 Å². The zero-order valence-electron chi connectivity index (χ0n) is 16.7. The largest absolute Gasteiger partial charge is 0.353 e. The number of amides is 1. The van der Waals surface area contributed by atoms with Crippen molar-refractivity contribution < 1.29 is 9.18 Å². The first-order valence-corrected chi connectivity index (χ1v) is 10.8. The van der Waals surface area contributed by atoms with Gasteiger partial charge in [0.15, 0.2) is 11.0 Å². The molecule has 0 spiro atoms. The van der Waals surface area contributed by atoms with E-state index in [1.165, 1.54) is 43.2 Å². The molecular weight excluding hydrogens is 377 g/mol. The first-order chi connectivity index (χ1) is 13.5. The molecule has 0 saturated carbocycles. The molecule has 1 unspecified atom stereocenters. The van der Waals surface area contributed by atoms with Crippen LogP contribution in [0.15, 0.2) is 29.4 Å². The molecule has 1 aliphatic rings. The van der Waals surface area contributed by atoms with Gasteiger partial charge in [0.1, 0.15) is 5.82 Å². The number of aromatic nitrogens is 3. The number of nitrogens with one attached hydrogen (secondary N) is 1. The minimum atomic E-state index is -0.284. The summed E-state index contributed by atoms with van der Waals surface area (Å²) in [5, 5.41) is 12.3. The van der Waals surface area contributed by atoms with Crippen LogP contribution in [0.1, 0.15) is 51.9 Å². The molecule has 1 amide bonds. The molecule has 1 saturated heterocycles. The number of benzene rings is 1. The van der Waals surface area contributed by atoms with Crippen LogP contribution < -0.4 is 5.32 Å². The Morgan fingerprint density at radius 3 is 2.46 bits per heavy atom. The van der Waals surface area contributed by atoms with Gasteiger partial charge in [0.05, 0.1) is 11.8 Å². The summed E-state index contributed by atoms with van der Waals surface area (Å²) in [4.78, 5) is 14.5. The number of nitrogens with zero attached hydrogens (tertiary/aromatic N) is 4. The molecule has 8 heteroatoms. The summed E-state index contributed by atoms with van der Waals surface area (Å²) in [5.74, 6) is 0.753. The van der Waals surface area contributed by atoms with Gasteiger partial charge in [0.25, 0.3) is 0 Å². The van der Waals surface area contributed by atoms with Gasteiger partial charge >= 0.3 is 0 Å². The first kappa shape index (κ1) is 20.8. The third-order valence-corrected chi connectivity index (χ3v) is 5.77. The van der Waals surface area contributed by atoms with Crippen molar-refractivity contribution in [2.75, 3.05) is 18.8 Å². The molecule has 3 rings (SSSR count). The van der Waals surface area contributed by atoms with Crippen molar-refractivity contribution >= 4 is 17.7 Å². The van der Waals surface area contributed by atoms with Gasteiger partial charge in [-0.2, -0.15) is 0 Å². The van der Waals surface area contributed by atoms with Crippen molar-refractivity contribution in [2.45, 2.75) is 57.3 Å². The Labute approximate surface area is 169 Å². The van der Waals surface area contributed by atoms with Gasteiger partial charge in [0.2, 0.25) is 5.91 Å². The van der Waals surface area contributed by atoms with Crippen molar-refractivity contribution in [3.8, 4) is 5.69 Å². The average molecular weight is 406 g/mol. The molecule has 152 valence electrons. The molecule has 2 heterocycles. The van der Waals surface area contributed by atoms with E-state index in [1.807, 2.05) is 18.4 Å². The fraction of sp³-hybridized carbons (Fsp3) is 0.550. The van der Waals surface area contributed by atoms with Crippen molar-refractivity contribution in [1.82, 2.24) is 25.0 Å². The average Bonchev–Trinajstić information content (AvgIpc) is 3.10. The van der Waals surface area contributed by atoms with E-state index >= 15 is 0 Å². The Bertz CT molecular complexity index is 786. The number of carbonyl (C=O) groups excluding carboxylic acids is 1. The Morgan fingerprint density at radius 2 is 1.82 bits per heavy atom. The quantitative estimate of drug-likeness (QED) is 0.714. The second-order valence-electron chi connectivity index (χ2n) is 7.44. The molecule has 1 aliphatic heterocycles. The van der Waals surface area contributed by atoms with Gasteiger partial charge in [-0.25, -0.2) is 4.39 Å². The first-order valence-electron chi connectivity index (χ1n) is 9.83. The van der Waals surface area contributed by atoms with Crippen molar-refractivity contribution in [2.24, 2.45) is 0 Å². The van der Waals surface area contributed by atoms with Crippen LogP contribution in [0.2, 0.25) is 0 Å². The molecule has 1 aromatic heterocycles. The Morgan fingerprint density at radius 1 is 1.14 bits per heavy atom. The molecule has 6 nitrogen and oxygen atoms in total.